The van der Waals surface area contributed by atoms with Crippen molar-refractivity contribution in [3.63, 3.8) is 0 Å². The van der Waals surface area contributed by atoms with Gasteiger partial charge in [0.25, 0.3) is 0 Å². The van der Waals surface area contributed by atoms with E-state index in [9.17, 15) is 8.42 Å². The largest absolute Gasteiger partial charge is 0.356 e. The number of H-pyrrole nitrogens is 1. The van der Waals surface area contributed by atoms with Crippen molar-refractivity contribution in [3.05, 3.63) is 30.5 Å². The van der Waals surface area contributed by atoms with Crippen molar-refractivity contribution < 1.29 is 8.42 Å². The van der Waals surface area contributed by atoms with E-state index in [0.717, 1.165) is 31.7 Å². The van der Waals surface area contributed by atoms with Crippen LogP contribution >= 0.6 is 0 Å². The molecular weight excluding hydrogens is 302 g/mol. The van der Waals surface area contributed by atoms with Crippen molar-refractivity contribution in [1.82, 2.24) is 20.2 Å². The fraction of sp³-hybridized carbons (Fsp3) is 0.500. The van der Waals surface area contributed by atoms with E-state index in [1.54, 1.807) is 12.5 Å². The fourth-order valence-electron chi connectivity index (χ4n) is 2.97. The van der Waals surface area contributed by atoms with Crippen LogP contribution in [0.15, 0.2) is 29.7 Å². The van der Waals surface area contributed by atoms with Crippen LogP contribution in [0.5, 0.6) is 0 Å². The third-order valence-electron chi connectivity index (χ3n) is 3.98. The summed E-state index contributed by atoms with van der Waals surface area (Å²) in [6.45, 7) is 1.83. The highest BCUT2D eigenvalue weighted by atomic mass is 32.2. The van der Waals surface area contributed by atoms with Gasteiger partial charge in [0, 0.05) is 25.5 Å². The topological polar surface area (TPSA) is 91.8 Å². The third-order valence-corrected chi connectivity index (χ3v) is 5.13. The van der Waals surface area contributed by atoms with Crippen LogP contribution in [0.1, 0.15) is 18.5 Å². The highest BCUT2D eigenvalue weighted by Gasteiger charge is 2.24. The maximum Gasteiger partial charge on any atom is 0.178 e. The van der Waals surface area contributed by atoms with Crippen LogP contribution in [0.3, 0.4) is 0 Å². The molecule has 22 heavy (non-hydrogen) atoms. The molecule has 0 amide bonds. The Labute approximate surface area is 129 Å². The third kappa shape index (κ3) is 3.27. The predicted octanol–water partition coefficient (Wildman–Crippen LogP) is 1.06. The number of hydrogen-bond acceptors (Lipinski definition) is 6. The Bertz CT molecular complexity index is 729. The monoisotopic (exact) mass is 321 g/mol. The highest BCUT2D eigenvalue weighted by Crippen LogP contribution is 2.25. The van der Waals surface area contributed by atoms with Crippen LogP contribution in [-0.2, 0) is 16.3 Å². The Morgan fingerprint density at radius 1 is 1.45 bits per heavy atom. The first kappa shape index (κ1) is 15.0. The second-order valence-electron chi connectivity index (χ2n) is 5.71. The van der Waals surface area contributed by atoms with E-state index in [1.807, 2.05) is 6.07 Å². The van der Waals surface area contributed by atoms with Crippen molar-refractivity contribution in [2.75, 3.05) is 24.2 Å². The van der Waals surface area contributed by atoms with Gasteiger partial charge in [0.2, 0.25) is 0 Å². The first-order valence-electron chi connectivity index (χ1n) is 7.27. The number of piperidine rings is 1. The molecule has 2 aromatic heterocycles. The lowest BCUT2D eigenvalue weighted by Gasteiger charge is -2.33. The summed E-state index contributed by atoms with van der Waals surface area (Å²) in [5, 5.41) is 6.73. The number of sulfone groups is 1. The average Bonchev–Trinajstić information content (AvgIpc) is 2.97. The van der Waals surface area contributed by atoms with Crippen LogP contribution in [0.25, 0.3) is 0 Å². The molecule has 0 bridgehead atoms. The number of aromatic nitrogens is 4. The van der Waals surface area contributed by atoms with Crippen LogP contribution < -0.4 is 4.90 Å². The minimum Gasteiger partial charge on any atom is -0.356 e. The molecule has 1 saturated heterocycles. The van der Waals surface area contributed by atoms with E-state index < -0.39 is 9.84 Å². The molecule has 118 valence electrons. The molecule has 1 atom stereocenters. The fourth-order valence-corrected chi connectivity index (χ4v) is 3.79. The van der Waals surface area contributed by atoms with Gasteiger partial charge in [0.05, 0.1) is 11.9 Å². The summed E-state index contributed by atoms with van der Waals surface area (Å²) in [7, 11) is -3.23. The highest BCUT2D eigenvalue weighted by molar-refractivity contribution is 7.90. The molecule has 7 nitrogen and oxygen atoms in total. The smallest absolute Gasteiger partial charge is 0.178 e. The Balaban J connectivity index is 1.73. The molecule has 1 aliphatic heterocycles. The predicted molar refractivity (Wildman–Crippen MR) is 82.4 cm³/mol. The Kier molecular flexibility index (Phi) is 4.10. The van der Waals surface area contributed by atoms with Gasteiger partial charge in [-0.1, -0.05) is 0 Å². The van der Waals surface area contributed by atoms with Gasteiger partial charge < -0.3 is 4.90 Å². The minimum atomic E-state index is -3.23. The Morgan fingerprint density at radius 3 is 3.05 bits per heavy atom. The number of aromatic amines is 1. The molecule has 1 N–H and O–H groups in total. The van der Waals surface area contributed by atoms with Gasteiger partial charge in [-0.05, 0) is 31.2 Å². The summed E-state index contributed by atoms with van der Waals surface area (Å²) in [6, 6.07) is 1.90. The molecule has 3 rings (SSSR count). The molecule has 2 aromatic rings. The molecule has 0 radical (unpaired) electrons. The summed E-state index contributed by atoms with van der Waals surface area (Å²) in [4.78, 5) is 10.8. The zero-order chi connectivity index (χ0) is 15.6. The first-order valence-corrected chi connectivity index (χ1v) is 9.16. The van der Waals surface area contributed by atoms with Crippen LogP contribution in [-0.4, -0.2) is 47.9 Å². The van der Waals surface area contributed by atoms with E-state index >= 15 is 0 Å². The maximum absolute atomic E-state index is 11.8. The van der Waals surface area contributed by atoms with Gasteiger partial charge in [-0.2, -0.15) is 5.10 Å². The lowest BCUT2D eigenvalue weighted by molar-refractivity contribution is 0.406. The zero-order valence-corrected chi connectivity index (χ0v) is 13.3. The van der Waals surface area contributed by atoms with Gasteiger partial charge in [-0.3, -0.25) is 5.10 Å². The van der Waals surface area contributed by atoms with Crippen molar-refractivity contribution in [1.29, 1.82) is 0 Å². The Morgan fingerprint density at radius 2 is 2.32 bits per heavy atom. The number of rotatable bonds is 4. The van der Waals surface area contributed by atoms with Crippen molar-refractivity contribution in [2.24, 2.45) is 5.92 Å². The van der Waals surface area contributed by atoms with Gasteiger partial charge >= 0.3 is 0 Å². The van der Waals surface area contributed by atoms with Gasteiger partial charge in [0.1, 0.15) is 17.0 Å². The van der Waals surface area contributed by atoms with E-state index in [0.29, 0.717) is 22.9 Å². The summed E-state index contributed by atoms with van der Waals surface area (Å²) in [5.41, 5.74) is 0.706. The van der Waals surface area contributed by atoms with Crippen molar-refractivity contribution in [3.8, 4) is 0 Å². The van der Waals surface area contributed by atoms with Crippen LogP contribution in [0.2, 0.25) is 0 Å². The van der Waals surface area contributed by atoms with Gasteiger partial charge in [0.15, 0.2) is 9.84 Å². The van der Waals surface area contributed by atoms with E-state index in [-0.39, 0.29) is 0 Å². The lowest BCUT2D eigenvalue weighted by atomic mass is 9.93. The normalized spacial score (nSPS) is 19.3. The SMILES string of the molecule is CS(=O)(=O)c1cn[nH]c1CC1CCCN(c2ccncn2)C1. The van der Waals surface area contributed by atoms with E-state index in [2.05, 4.69) is 25.1 Å². The maximum atomic E-state index is 11.8. The van der Waals surface area contributed by atoms with E-state index in [1.165, 1.54) is 12.5 Å². The van der Waals surface area contributed by atoms with Crippen molar-refractivity contribution >= 4 is 15.7 Å². The molecule has 0 aromatic carbocycles. The molecule has 8 heteroatoms. The summed E-state index contributed by atoms with van der Waals surface area (Å²) in [6.07, 6.45) is 8.73. The quantitative estimate of drug-likeness (QED) is 0.905. The molecule has 1 aliphatic rings. The zero-order valence-electron chi connectivity index (χ0n) is 12.4. The molecule has 1 unspecified atom stereocenters. The number of hydrogen-bond donors (Lipinski definition) is 1. The van der Waals surface area contributed by atoms with Crippen LogP contribution in [0, 0.1) is 5.92 Å². The van der Waals surface area contributed by atoms with Gasteiger partial charge in [-0.25, -0.2) is 18.4 Å². The second-order valence-corrected chi connectivity index (χ2v) is 7.70. The van der Waals surface area contributed by atoms with Crippen LogP contribution in [0.4, 0.5) is 5.82 Å². The molecule has 0 spiro atoms. The lowest BCUT2D eigenvalue weighted by Crippen LogP contribution is -2.36. The number of anilines is 1. The second kappa shape index (κ2) is 6.04. The Hall–Kier alpha value is -1.96. The number of nitrogens with zero attached hydrogens (tertiary/aromatic N) is 4. The van der Waals surface area contributed by atoms with Crippen molar-refractivity contribution in [2.45, 2.75) is 24.2 Å². The number of nitrogens with one attached hydrogen (secondary N) is 1. The summed E-state index contributed by atoms with van der Waals surface area (Å²) >= 11 is 0. The molecular formula is C14H19N5O2S. The average molecular weight is 321 g/mol. The summed E-state index contributed by atoms with van der Waals surface area (Å²) < 4.78 is 23.5. The molecule has 0 saturated carbocycles. The molecule has 3 heterocycles. The first-order chi connectivity index (χ1) is 10.5. The minimum absolute atomic E-state index is 0.312. The molecule has 1 fully saturated rings. The standard InChI is InChI=1S/C14H19N5O2S/c1-22(20,21)13-8-17-18-12(13)7-11-3-2-6-19(9-11)14-4-5-15-10-16-14/h4-5,8,10-11H,2-3,6-7,9H2,1H3,(H,17,18). The van der Waals surface area contributed by atoms with Gasteiger partial charge in [-0.15, -0.1) is 0 Å². The molecule has 0 aliphatic carbocycles. The van der Waals surface area contributed by atoms with E-state index in [4.69, 9.17) is 0 Å². The summed E-state index contributed by atoms with van der Waals surface area (Å²) in [5.74, 6) is 1.30.